The zero-order valence-electron chi connectivity index (χ0n) is 19.3. The fraction of sp³-hybridized carbons (Fsp3) is 0.360. The molecule has 0 bridgehead atoms. The normalized spacial score (nSPS) is 14.6. The summed E-state index contributed by atoms with van der Waals surface area (Å²) in [5.74, 6) is 0.164. The molecular weight excluding hydrogens is 435 g/mol. The van der Waals surface area contributed by atoms with Gasteiger partial charge in [-0.3, -0.25) is 14.7 Å². The summed E-state index contributed by atoms with van der Waals surface area (Å²) in [4.78, 5) is 29.3. The van der Waals surface area contributed by atoms with E-state index in [1.54, 1.807) is 36.9 Å². The Bertz CT molecular complexity index is 1070. The van der Waals surface area contributed by atoms with Crippen molar-refractivity contribution in [2.75, 3.05) is 46.4 Å². The topological polar surface area (TPSA) is 83.5 Å². The second-order valence-electron chi connectivity index (χ2n) is 8.36. The first-order valence-corrected chi connectivity index (χ1v) is 11.4. The standard InChI is InChI=1S/C25H29FN6O2/c1-31-8-10-32(11-9-31)12-13-34-21-2-3-22(23(26)15-21)25-29-17-20(18-30-25)14-24(33)28-16-19-4-6-27-7-5-19/h2-7,15,17-18H,8-14,16H2,1H3,(H,28,33). The number of amides is 1. The lowest BCUT2D eigenvalue weighted by molar-refractivity contribution is -0.120. The summed E-state index contributed by atoms with van der Waals surface area (Å²) in [7, 11) is 2.12. The van der Waals surface area contributed by atoms with Crippen LogP contribution in [0, 0.1) is 5.82 Å². The Morgan fingerprint density at radius 2 is 1.79 bits per heavy atom. The van der Waals surface area contributed by atoms with Gasteiger partial charge in [-0.25, -0.2) is 14.4 Å². The highest BCUT2D eigenvalue weighted by Crippen LogP contribution is 2.23. The number of nitrogens with zero attached hydrogens (tertiary/aromatic N) is 5. The number of carbonyl (C=O) groups excluding carboxylic acids is 1. The first-order valence-electron chi connectivity index (χ1n) is 11.4. The van der Waals surface area contributed by atoms with Gasteiger partial charge in [0.2, 0.25) is 5.91 Å². The Kier molecular flexibility index (Phi) is 8.11. The minimum absolute atomic E-state index is 0.141. The zero-order chi connectivity index (χ0) is 23.8. The predicted molar refractivity (Wildman–Crippen MR) is 127 cm³/mol. The number of rotatable bonds is 9. The Labute approximate surface area is 198 Å². The van der Waals surface area contributed by atoms with Gasteiger partial charge in [0.1, 0.15) is 18.2 Å². The number of carbonyl (C=O) groups is 1. The summed E-state index contributed by atoms with van der Waals surface area (Å²) in [5.41, 5.74) is 1.91. The third-order valence-corrected chi connectivity index (χ3v) is 5.76. The van der Waals surface area contributed by atoms with E-state index >= 15 is 0 Å². The number of piperazine rings is 1. The van der Waals surface area contributed by atoms with Crippen LogP contribution in [0.5, 0.6) is 5.75 Å². The molecule has 3 aromatic rings. The smallest absolute Gasteiger partial charge is 0.224 e. The van der Waals surface area contributed by atoms with E-state index in [1.165, 1.54) is 6.07 Å². The maximum absolute atomic E-state index is 14.7. The van der Waals surface area contributed by atoms with E-state index in [1.807, 2.05) is 12.1 Å². The first-order chi connectivity index (χ1) is 16.6. The molecule has 1 aliphatic heterocycles. The molecule has 1 saturated heterocycles. The second kappa shape index (κ2) is 11.6. The van der Waals surface area contributed by atoms with Gasteiger partial charge in [-0.05, 0) is 42.4 Å². The van der Waals surface area contributed by atoms with Crippen molar-refractivity contribution in [3.05, 3.63) is 72.1 Å². The summed E-state index contributed by atoms with van der Waals surface area (Å²) in [6, 6.07) is 8.40. The zero-order valence-corrected chi connectivity index (χ0v) is 19.3. The lowest BCUT2D eigenvalue weighted by Gasteiger charge is -2.32. The molecule has 178 valence electrons. The van der Waals surface area contributed by atoms with Crippen LogP contribution < -0.4 is 10.1 Å². The van der Waals surface area contributed by atoms with Gasteiger partial charge in [0.05, 0.1) is 12.0 Å². The Hall–Kier alpha value is -3.43. The van der Waals surface area contributed by atoms with Crippen LogP contribution in [-0.2, 0) is 17.8 Å². The van der Waals surface area contributed by atoms with Gasteiger partial charge < -0.3 is 15.0 Å². The maximum atomic E-state index is 14.7. The number of likely N-dealkylation sites (N-methyl/N-ethyl adjacent to an activating group) is 1. The van der Waals surface area contributed by atoms with Crippen molar-refractivity contribution in [3.63, 3.8) is 0 Å². The SMILES string of the molecule is CN1CCN(CCOc2ccc(-c3ncc(CC(=O)NCc4ccncc4)cn3)c(F)c2)CC1. The fourth-order valence-electron chi connectivity index (χ4n) is 3.67. The predicted octanol–water partition coefficient (Wildman–Crippen LogP) is 2.16. The van der Waals surface area contributed by atoms with Crippen molar-refractivity contribution in [1.29, 1.82) is 0 Å². The second-order valence-corrected chi connectivity index (χ2v) is 8.36. The molecule has 4 rings (SSSR count). The van der Waals surface area contributed by atoms with Crippen molar-refractivity contribution in [2.24, 2.45) is 0 Å². The maximum Gasteiger partial charge on any atom is 0.224 e. The highest BCUT2D eigenvalue weighted by molar-refractivity contribution is 5.78. The largest absolute Gasteiger partial charge is 0.492 e. The molecule has 1 amide bonds. The van der Waals surface area contributed by atoms with Crippen molar-refractivity contribution < 1.29 is 13.9 Å². The lowest BCUT2D eigenvalue weighted by atomic mass is 10.1. The third kappa shape index (κ3) is 6.79. The van der Waals surface area contributed by atoms with Crippen molar-refractivity contribution in [2.45, 2.75) is 13.0 Å². The molecule has 1 N–H and O–H groups in total. The lowest BCUT2D eigenvalue weighted by Crippen LogP contribution is -2.45. The quantitative estimate of drug-likeness (QED) is 0.520. The van der Waals surface area contributed by atoms with E-state index < -0.39 is 5.82 Å². The average molecular weight is 465 g/mol. The van der Waals surface area contributed by atoms with Crippen LogP contribution in [-0.4, -0.2) is 77.0 Å². The van der Waals surface area contributed by atoms with E-state index in [4.69, 9.17) is 4.74 Å². The number of halogens is 1. The molecular formula is C25H29FN6O2. The Morgan fingerprint density at radius 1 is 1.06 bits per heavy atom. The van der Waals surface area contributed by atoms with Crippen molar-refractivity contribution in [3.8, 4) is 17.1 Å². The van der Waals surface area contributed by atoms with E-state index in [2.05, 4.69) is 37.1 Å². The molecule has 34 heavy (non-hydrogen) atoms. The molecule has 1 fully saturated rings. The molecule has 2 aromatic heterocycles. The van der Waals surface area contributed by atoms with Gasteiger partial charge in [-0.2, -0.15) is 0 Å². The Balaban J connectivity index is 1.26. The molecule has 0 saturated carbocycles. The number of ether oxygens (including phenoxy) is 1. The minimum atomic E-state index is -0.444. The number of aromatic nitrogens is 3. The van der Waals surface area contributed by atoms with Gasteiger partial charge in [-0.1, -0.05) is 0 Å². The van der Waals surface area contributed by atoms with Gasteiger partial charge >= 0.3 is 0 Å². The molecule has 1 aromatic carbocycles. The summed E-state index contributed by atoms with van der Waals surface area (Å²) in [5, 5.41) is 2.85. The number of pyridine rings is 1. The summed E-state index contributed by atoms with van der Waals surface area (Å²) in [6.07, 6.45) is 6.61. The van der Waals surface area contributed by atoms with Crippen LogP contribution in [0.2, 0.25) is 0 Å². The third-order valence-electron chi connectivity index (χ3n) is 5.76. The van der Waals surface area contributed by atoms with Gasteiger partial charge in [0.25, 0.3) is 0 Å². The highest BCUT2D eigenvalue weighted by atomic mass is 19.1. The van der Waals surface area contributed by atoms with Gasteiger partial charge in [0.15, 0.2) is 5.82 Å². The molecule has 0 aliphatic carbocycles. The van der Waals surface area contributed by atoms with Crippen LogP contribution in [0.15, 0.2) is 55.1 Å². The van der Waals surface area contributed by atoms with Crippen LogP contribution in [0.3, 0.4) is 0 Å². The number of benzene rings is 1. The first kappa shape index (κ1) is 23.7. The average Bonchev–Trinajstić information content (AvgIpc) is 2.85. The van der Waals surface area contributed by atoms with Crippen LogP contribution in [0.25, 0.3) is 11.4 Å². The monoisotopic (exact) mass is 464 g/mol. The molecule has 0 atom stereocenters. The van der Waals surface area contributed by atoms with Crippen LogP contribution >= 0.6 is 0 Å². The molecule has 8 nitrogen and oxygen atoms in total. The van der Waals surface area contributed by atoms with Gasteiger partial charge in [-0.15, -0.1) is 0 Å². The van der Waals surface area contributed by atoms with Crippen molar-refractivity contribution in [1.82, 2.24) is 30.1 Å². The fourth-order valence-corrected chi connectivity index (χ4v) is 3.67. The Morgan fingerprint density at radius 3 is 2.50 bits per heavy atom. The van der Waals surface area contributed by atoms with E-state index in [9.17, 15) is 9.18 Å². The molecule has 9 heteroatoms. The number of nitrogens with one attached hydrogen (secondary N) is 1. The number of hydrogen-bond donors (Lipinski definition) is 1. The van der Waals surface area contributed by atoms with E-state index in [-0.39, 0.29) is 18.2 Å². The van der Waals surface area contributed by atoms with Crippen LogP contribution in [0.1, 0.15) is 11.1 Å². The highest BCUT2D eigenvalue weighted by Gasteiger charge is 2.14. The molecule has 0 unspecified atom stereocenters. The number of hydrogen-bond acceptors (Lipinski definition) is 7. The summed E-state index contributed by atoms with van der Waals surface area (Å²) < 4.78 is 20.4. The minimum Gasteiger partial charge on any atom is -0.492 e. The summed E-state index contributed by atoms with van der Waals surface area (Å²) in [6.45, 7) is 5.90. The van der Waals surface area contributed by atoms with Crippen LogP contribution in [0.4, 0.5) is 4.39 Å². The van der Waals surface area contributed by atoms with Gasteiger partial charge in [0, 0.05) is 70.1 Å². The summed E-state index contributed by atoms with van der Waals surface area (Å²) >= 11 is 0. The molecule has 1 aliphatic rings. The molecule has 0 spiro atoms. The molecule has 0 radical (unpaired) electrons. The van der Waals surface area contributed by atoms with Crippen molar-refractivity contribution >= 4 is 5.91 Å². The molecule has 3 heterocycles. The van der Waals surface area contributed by atoms with E-state index in [0.717, 1.165) is 38.3 Å². The van der Waals surface area contributed by atoms with E-state index in [0.29, 0.717) is 30.0 Å².